The maximum Gasteiger partial charge on any atom is 0.490 e. The zero-order valence-corrected chi connectivity index (χ0v) is 24.8. The average Bonchev–Trinajstić information content (AvgIpc) is 3.44. The van der Waals surface area contributed by atoms with Gasteiger partial charge in [-0.25, -0.2) is 18.4 Å². The summed E-state index contributed by atoms with van der Waals surface area (Å²) in [5, 5.41) is 38.8. The molecule has 0 atom stereocenters. The smallest absolute Gasteiger partial charge is 0.475 e. The van der Waals surface area contributed by atoms with Gasteiger partial charge in [-0.3, -0.25) is 0 Å². The molecule has 5 N–H and O–H groups in total. The van der Waals surface area contributed by atoms with Crippen LogP contribution in [0.25, 0.3) is 33.9 Å². The van der Waals surface area contributed by atoms with Crippen molar-refractivity contribution >= 4 is 23.1 Å². The van der Waals surface area contributed by atoms with Crippen molar-refractivity contribution in [2.24, 2.45) is 0 Å². The summed E-state index contributed by atoms with van der Waals surface area (Å²) in [5.41, 5.74) is 4.42. The number of hydrogen-bond acceptors (Lipinski definition) is 7. The van der Waals surface area contributed by atoms with Crippen LogP contribution in [0.4, 0.5) is 35.1 Å². The molecule has 0 unspecified atom stereocenters. The minimum Gasteiger partial charge on any atom is -0.475 e. The number of rotatable bonds is 6. The van der Waals surface area contributed by atoms with Crippen molar-refractivity contribution in [2.75, 3.05) is 32.8 Å². The van der Waals surface area contributed by atoms with Gasteiger partial charge in [0.25, 0.3) is 0 Å². The topological polar surface area (TPSA) is 150 Å². The van der Waals surface area contributed by atoms with Gasteiger partial charge < -0.3 is 30.5 Å². The molecule has 3 aromatic rings. The maximum absolute atomic E-state index is 15.2. The molecule has 0 saturated heterocycles. The molecular formula is C30H29F8N5O5. The lowest BCUT2D eigenvalue weighted by atomic mass is 9.98. The predicted octanol–water partition coefficient (Wildman–Crippen LogP) is 4.90. The molecule has 10 nitrogen and oxygen atoms in total. The number of aromatic nitrogens is 3. The number of carbonyl (C=O) groups is 2. The number of aliphatic hydroxyl groups is 1. The number of hydrogen-bond donors (Lipinski definition) is 5. The molecule has 1 aromatic heterocycles. The second-order valence-electron chi connectivity index (χ2n) is 10.1. The molecule has 0 radical (unpaired) electrons. The highest BCUT2D eigenvalue weighted by Gasteiger charge is 2.39. The van der Waals surface area contributed by atoms with Crippen molar-refractivity contribution in [2.45, 2.75) is 31.7 Å². The number of halogens is 8. The Morgan fingerprint density at radius 2 is 1.10 bits per heavy atom. The first-order chi connectivity index (χ1) is 22.5. The van der Waals surface area contributed by atoms with Crippen LogP contribution in [-0.4, -0.2) is 87.2 Å². The minimum absolute atomic E-state index is 0.119. The molecule has 0 amide bonds. The Labute approximate surface area is 267 Å². The third-order valence-corrected chi connectivity index (χ3v) is 6.85. The Bertz CT molecular complexity index is 1550. The van der Waals surface area contributed by atoms with E-state index in [0.717, 1.165) is 61.3 Å². The zero-order chi connectivity index (χ0) is 35.6. The maximum atomic E-state index is 15.2. The van der Waals surface area contributed by atoms with E-state index in [1.165, 1.54) is 12.1 Å². The van der Waals surface area contributed by atoms with Crippen LogP contribution in [0.15, 0.2) is 48.6 Å². The molecule has 2 aliphatic heterocycles. The summed E-state index contributed by atoms with van der Waals surface area (Å²) in [6, 6.07) is 10.1. The van der Waals surface area contributed by atoms with E-state index >= 15 is 8.78 Å². The van der Waals surface area contributed by atoms with E-state index in [-0.39, 0.29) is 35.9 Å². The predicted molar refractivity (Wildman–Crippen MR) is 156 cm³/mol. The lowest BCUT2D eigenvalue weighted by Gasteiger charge is -2.16. The number of nitrogens with one attached hydrogen (secondary N) is 2. The molecule has 0 fully saturated rings. The van der Waals surface area contributed by atoms with Crippen LogP contribution in [0.2, 0.25) is 0 Å². The van der Waals surface area contributed by atoms with Crippen molar-refractivity contribution < 1.29 is 60.0 Å². The van der Waals surface area contributed by atoms with Crippen molar-refractivity contribution in [1.29, 1.82) is 0 Å². The lowest BCUT2D eigenvalue weighted by Crippen LogP contribution is -2.21. The van der Waals surface area contributed by atoms with Gasteiger partial charge in [0.15, 0.2) is 11.6 Å². The number of nitrogens with zero attached hydrogens (tertiary/aromatic N) is 3. The first-order valence-electron chi connectivity index (χ1n) is 14.1. The summed E-state index contributed by atoms with van der Waals surface area (Å²) in [6.45, 7) is 3.17. The largest absolute Gasteiger partial charge is 0.490 e. The van der Waals surface area contributed by atoms with Gasteiger partial charge in [0, 0.05) is 19.6 Å². The Hall–Kier alpha value is -4.68. The van der Waals surface area contributed by atoms with Gasteiger partial charge in [0.1, 0.15) is 11.6 Å². The van der Waals surface area contributed by atoms with Crippen molar-refractivity contribution in [3.05, 3.63) is 71.3 Å². The van der Waals surface area contributed by atoms with E-state index < -0.39 is 35.9 Å². The molecule has 0 saturated carbocycles. The fourth-order valence-electron chi connectivity index (χ4n) is 4.58. The first kappa shape index (κ1) is 37.8. The van der Waals surface area contributed by atoms with Gasteiger partial charge >= 0.3 is 24.3 Å². The molecule has 2 aromatic carbocycles. The van der Waals surface area contributed by atoms with Crippen LogP contribution < -0.4 is 10.6 Å². The summed E-state index contributed by atoms with van der Waals surface area (Å²) >= 11 is 0. The second-order valence-corrected chi connectivity index (χ2v) is 10.1. The summed E-state index contributed by atoms with van der Waals surface area (Å²) in [6.07, 6.45) is -4.36. The van der Waals surface area contributed by atoms with Gasteiger partial charge in [-0.2, -0.15) is 26.3 Å². The monoisotopic (exact) mass is 691 g/mol. The molecule has 2 aliphatic rings. The van der Waals surface area contributed by atoms with Crippen molar-refractivity contribution in [3.63, 3.8) is 0 Å². The van der Waals surface area contributed by atoms with E-state index in [2.05, 4.69) is 33.0 Å². The van der Waals surface area contributed by atoms with E-state index in [0.29, 0.717) is 0 Å². The normalized spacial score (nSPS) is 14.9. The van der Waals surface area contributed by atoms with Crippen LogP contribution in [0, 0.1) is 11.6 Å². The number of carboxylic acid groups (broad SMARTS) is 2. The van der Waals surface area contributed by atoms with Crippen LogP contribution in [0.5, 0.6) is 0 Å². The number of carboxylic acids is 2. The van der Waals surface area contributed by atoms with E-state index in [1.54, 1.807) is 16.7 Å². The van der Waals surface area contributed by atoms with Crippen LogP contribution in [0.1, 0.15) is 24.0 Å². The standard InChI is InChI=1S/C26H27F2N5O.2C2HF3O2/c27-23-15-19(17-5-9-29-10-6-17)1-3-21(23)25-31-32-26(33(25)13-14-34)22-4-2-20(16-24(22)28)18-7-11-30-12-8-18;2*3-2(4,5)1(6)7/h1-5,7,15-16,29-30,34H,6,8-14H2;2*(H,6,7). The Balaban J connectivity index is 0.000000376. The van der Waals surface area contributed by atoms with Crippen molar-refractivity contribution in [3.8, 4) is 22.8 Å². The van der Waals surface area contributed by atoms with Gasteiger partial charge in [0.05, 0.1) is 17.7 Å². The lowest BCUT2D eigenvalue weighted by molar-refractivity contribution is -0.193. The molecule has 0 spiro atoms. The molecule has 0 aliphatic carbocycles. The highest BCUT2D eigenvalue weighted by molar-refractivity contribution is 5.74. The Kier molecular flexibility index (Phi) is 12.9. The zero-order valence-electron chi connectivity index (χ0n) is 24.8. The minimum atomic E-state index is -5.08. The molecular weight excluding hydrogens is 662 g/mol. The van der Waals surface area contributed by atoms with Crippen LogP contribution in [-0.2, 0) is 16.1 Å². The van der Waals surface area contributed by atoms with Gasteiger partial charge in [0.2, 0.25) is 0 Å². The third kappa shape index (κ3) is 10.2. The fourth-order valence-corrected chi connectivity index (χ4v) is 4.58. The number of benzene rings is 2. The fraction of sp³-hybridized carbons (Fsp3) is 0.333. The second kappa shape index (κ2) is 16.4. The molecule has 18 heteroatoms. The van der Waals surface area contributed by atoms with Crippen molar-refractivity contribution in [1.82, 2.24) is 25.4 Å². The molecule has 0 bridgehead atoms. The molecule has 48 heavy (non-hydrogen) atoms. The quantitative estimate of drug-likeness (QED) is 0.228. The summed E-state index contributed by atoms with van der Waals surface area (Å²) < 4.78 is 95.4. The molecule has 5 rings (SSSR count). The van der Waals surface area contributed by atoms with Gasteiger partial charge in [-0.1, -0.05) is 24.3 Å². The summed E-state index contributed by atoms with van der Waals surface area (Å²) in [5.74, 6) is -5.85. The van der Waals surface area contributed by atoms with Gasteiger partial charge in [-0.05, 0) is 72.5 Å². The number of aliphatic carboxylic acids is 2. The van der Waals surface area contributed by atoms with E-state index in [9.17, 15) is 31.4 Å². The van der Waals surface area contributed by atoms with Crippen LogP contribution in [0.3, 0.4) is 0 Å². The van der Waals surface area contributed by atoms with E-state index in [4.69, 9.17) is 19.8 Å². The first-order valence-corrected chi connectivity index (χ1v) is 14.1. The highest BCUT2D eigenvalue weighted by atomic mass is 19.4. The average molecular weight is 692 g/mol. The van der Waals surface area contributed by atoms with Crippen LogP contribution >= 0.6 is 0 Å². The highest BCUT2D eigenvalue weighted by Crippen LogP contribution is 2.32. The summed E-state index contributed by atoms with van der Waals surface area (Å²) in [7, 11) is 0. The SMILES string of the molecule is O=C(O)C(F)(F)F.O=C(O)C(F)(F)F.OCCn1c(-c2ccc(C3=CCNCC3)cc2F)nnc1-c1ccc(C2=CCNCC2)cc1F. The van der Waals surface area contributed by atoms with Gasteiger partial charge in [-0.15, -0.1) is 10.2 Å². The molecule has 260 valence electrons. The Morgan fingerprint density at radius 3 is 1.38 bits per heavy atom. The number of alkyl halides is 6. The Morgan fingerprint density at radius 1 is 0.729 bits per heavy atom. The van der Waals surface area contributed by atoms with E-state index in [1.807, 2.05) is 12.1 Å². The summed E-state index contributed by atoms with van der Waals surface area (Å²) in [4.78, 5) is 17.8. The molecule has 3 heterocycles. The third-order valence-electron chi connectivity index (χ3n) is 6.85. The number of aliphatic hydroxyl groups excluding tert-OH is 1.